The molecule has 0 saturated heterocycles. The van der Waals surface area contributed by atoms with Crippen molar-refractivity contribution in [2.45, 2.75) is 45.9 Å². The molecule has 84 valence electrons. The van der Waals surface area contributed by atoms with E-state index < -0.39 is 0 Å². The SMILES string of the molecule is CCC(C)(C)CNC(=O)C(Br)C(C)C. The molecule has 0 aromatic heterocycles. The van der Waals surface area contributed by atoms with Crippen molar-refractivity contribution in [1.29, 1.82) is 0 Å². The molecule has 0 aromatic carbocycles. The second-order valence-electron chi connectivity index (χ2n) is 4.88. The third-order valence-electron chi connectivity index (χ3n) is 2.53. The minimum Gasteiger partial charge on any atom is -0.355 e. The van der Waals surface area contributed by atoms with Crippen LogP contribution < -0.4 is 5.32 Å². The first-order valence-corrected chi connectivity index (χ1v) is 6.13. The van der Waals surface area contributed by atoms with Crippen LogP contribution in [0.15, 0.2) is 0 Å². The van der Waals surface area contributed by atoms with Gasteiger partial charge < -0.3 is 5.32 Å². The fraction of sp³-hybridized carbons (Fsp3) is 0.909. The highest BCUT2D eigenvalue weighted by Gasteiger charge is 2.21. The summed E-state index contributed by atoms with van der Waals surface area (Å²) in [7, 11) is 0. The molecule has 1 atom stereocenters. The number of carbonyl (C=O) groups is 1. The normalized spacial score (nSPS) is 14.2. The van der Waals surface area contributed by atoms with Crippen LogP contribution in [-0.4, -0.2) is 17.3 Å². The van der Waals surface area contributed by atoms with E-state index >= 15 is 0 Å². The van der Waals surface area contributed by atoms with Gasteiger partial charge in [-0.3, -0.25) is 4.79 Å². The van der Waals surface area contributed by atoms with Gasteiger partial charge >= 0.3 is 0 Å². The Bertz CT molecular complexity index is 190. The van der Waals surface area contributed by atoms with Gasteiger partial charge in [-0.25, -0.2) is 0 Å². The fourth-order valence-electron chi connectivity index (χ4n) is 0.852. The Hall–Kier alpha value is -0.0500. The molecule has 0 fully saturated rings. The predicted molar refractivity (Wildman–Crippen MR) is 64.6 cm³/mol. The molecule has 0 radical (unpaired) electrons. The minimum absolute atomic E-state index is 0.0739. The number of nitrogens with one attached hydrogen (secondary N) is 1. The van der Waals surface area contributed by atoms with Crippen LogP contribution in [0.1, 0.15) is 41.0 Å². The summed E-state index contributed by atoms with van der Waals surface area (Å²) >= 11 is 3.39. The van der Waals surface area contributed by atoms with Crippen molar-refractivity contribution in [3.8, 4) is 0 Å². The van der Waals surface area contributed by atoms with E-state index in [4.69, 9.17) is 0 Å². The van der Waals surface area contributed by atoms with Crippen LogP contribution in [0.25, 0.3) is 0 Å². The summed E-state index contributed by atoms with van der Waals surface area (Å²) in [6.07, 6.45) is 1.07. The number of alkyl halides is 1. The molecule has 0 heterocycles. The number of carbonyl (C=O) groups excluding carboxylic acids is 1. The second kappa shape index (κ2) is 5.74. The Morgan fingerprint density at radius 3 is 2.29 bits per heavy atom. The minimum atomic E-state index is -0.0739. The van der Waals surface area contributed by atoms with Crippen LogP contribution in [0, 0.1) is 11.3 Å². The molecule has 0 spiro atoms. The Labute approximate surface area is 96.0 Å². The van der Waals surface area contributed by atoms with Gasteiger partial charge in [0, 0.05) is 6.54 Å². The Kier molecular flexibility index (Phi) is 5.72. The lowest BCUT2D eigenvalue weighted by atomic mass is 9.90. The summed E-state index contributed by atoms with van der Waals surface area (Å²) in [6.45, 7) is 11.3. The molecular weight excluding hydrogens is 242 g/mol. The van der Waals surface area contributed by atoms with Crippen LogP contribution in [0.2, 0.25) is 0 Å². The molecule has 1 N–H and O–H groups in total. The van der Waals surface area contributed by atoms with Gasteiger partial charge in [-0.2, -0.15) is 0 Å². The summed E-state index contributed by atoms with van der Waals surface area (Å²) in [5.74, 6) is 0.432. The summed E-state index contributed by atoms with van der Waals surface area (Å²) in [5.41, 5.74) is 0.194. The highest BCUT2D eigenvalue weighted by molar-refractivity contribution is 9.10. The van der Waals surface area contributed by atoms with E-state index in [2.05, 4.69) is 42.0 Å². The number of hydrogen-bond acceptors (Lipinski definition) is 1. The van der Waals surface area contributed by atoms with Crippen LogP contribution in [-0.2, 0) is 4.79 Å². The predicted octanol–water partition coefficient (Wildman–Crippen LogP) is 2.96. The van der Waals surface area contributed by atoms with Crippen molar-refractivity contribution in [1.82, 2.24) is 5.32 Å². The second-order valence-corrected chi connectivity index (χ2v) is 5.87. The Morgan fingerprint density at radius 1 is 1.43 bits per heavy atom. The van der Waals surface area contributed by atoms with Gasteiger partial charge in [-0.1, -0.05) is 50.5 Å². The maximum atomic E-state index is 11.6. The van der Waals surface area contributed by atoms with Crippen LogP contribution in [0.3, 0.4) is 0 Å². The first kappa shape index (κ1) is 13.9. The maximum Gasteiger partial charge on any atom is 0.234 e. The number of amides is 1. The van der Waals surface area contributed by atoms with E-state index in [1.807, 2.05) is 13.8 Å². The highest BCUT2D eigenvalue weighted by atomic mass is 79.9. The highest BCUT2D eigenvalue weighted by Crippen LogP contribution is 2.18. The van der Waals surface area contributed by atoms with Crippen molar-refractivity contribution < 1.29 is 4.79 Å². The lowest BCUT2D eigenvalue weighted by Crippen LogP contribution is -2.39. The molecule has 0 bridgehead atoms. The molecule has 1 unspecified atom stereocenters. The molecule has 14 heavy (non-hydrogen) atoms. The van der Waals surface area contributed by atoms with Crippen LogP contribution in [0.5, 0.6) is 0 Å². The molecule has 0 aliphatic heterocycles. The molecule has 0 aromatic rings. The topological polar surface area (TPSA) is 29.1 Å². The number of hydrogen-bond donors (Lipinski definition) is 1. The summed E-state index contributed by atoms with van der Waals surface area (Å²) in [4.78, 5) is 11.5. The average molecular weight is 264 g/mol. The van der Waals surface area contributed by atoms with Gasteiger partial charge in [0.25, 0.3) is 0 Å². The molecule has 0 saturated carbocycles. The monoisotopic (exact) mass is 263 g/mol. The van der Waals surface area contributed by atoms with Crippen molar-refractivity contribution in [3.05, 3.63) is 0 Å². The van der Waals surface area contributed by atoms with E-state index in [0.717, 1.165) is 13.0 Å². The molecule has 1 amide bonds. The standard InChI is InChI=1S/C11H22BrNO/c1-6-11(4,5)7-13-10(14)9(12)8(2)3/h8-9H,6-7H2,1-5H3,(H,13,14). The zero-order valence-electron chi connectivity index (χ0n) is 9.86. The van der Waals surface area contributed by atoms with E-state index in [9.17, 15) is 4.79 Å². The van der Waals surface area contributed by atoms with Crippen molar-refractivity contribution in [2.75, 3.05) is 6.54 Å². The zero-order valence-corrected chi connectivity index (χ0v) is 11.4. The number of halogens is 1. The lowest BCUT2D eigenvalue weighted by molar-refractivity contribution is -0.121. The Morgan fingerprint density at radius 2 is 1.93 bits per heavy atom. The van der Waals surface area contributed by atoms with Gasteiger partial charge in [0.15, 0.2) is 0 Å². The summed E-state index contributed by atoms with van der Waals surface area (Å²) < 4.78 is 0. The lowest BCUT2D eigenvalue weighted by Gasteiger charge is -2.24. The third-order valence-corrected chi connectivity index (χ3v) is 4.01. The Balaban J connectivity index is 3.97. The zero-order chi connectivity index (χ0) is 11.4. The molecular formula is C11H22BrNO. The fourth-order valence-corrected chi connectivity index (χ4v) is 1.01. The molecule has 3 heteroatoms. The van der Waals surface area contributed by atoms with Crippen molar-refractivity contribution in [2.24, 2.45) is 11.3 Å². The maximum absolute atomic E-state index is 11.6. The van der Waals surface area contributed by atoms with Crippen LogP contribution in [0.4, 0.5) is 0 Å². The van der Waals surface area contributed by atoms with Gasteiger partial charge in [0.05, 0.1) is 4.83 Å². The van der Waals surface area contributed by atoms with E-state index in [1.165, 1.54) is 0 Å². The van der Waals surface area contributed by atoms with Crippen molar-refractivity contribution >= 4 is 21.8 Å². The molecule has 0 aliphatic carbocycles. The third kappa shape index (κ3) is 4.99. The first-order valence-electron chi connectivity index (χ1n) is 5.22. The molecule has 2 nitrogen and oxygen atoms in total. The smallest absolute Gasteiger partial charge is 0.234 e. The first-order chi connectivity index (χ1) is 6.30. The number of rotatable bonds is 5. The van der Waals surface area contributed by atoms with E-state index in [0.29, 0.717) is 5.92 Å². The molecule has 0 rings (SSSR count). The largest absolute Gasteiger partial charge is 0.355 e. The molecule has 0 aliphatic rings. The van der Waals surface area contributed by atoms with Crippen LogP contribution >= 0.6 is 15.9 Å². The summed E-state index contributed by atoms with van der Waals surface area (Å²) in [6, 6.07) is 0. The van der Waals surface area contributed by atoms with E-state index in [1.54, 1.807) is 0 Å². The van der Waals surface area contributed by atoms with Gasteiger partial charge in [0.1, 0.15) is 0 Å². The van der Waals surface area contributed by atoms with Crippen molar-refractivity contribution in [3.63, 3.8) is 0 Å². The van der Waals surface area contributed by atoms with Gasteiger partial charge in [-0.05, 0) is 17.8 Å². The average Bonchev–Trinajstić information content (AvgIpc) is 2.13. The van der Waals surface area contributed by atoms with Gasteiger partial charge in [-0.15, -0.1) is 0 Å². The van der Waals surface area contributed by atoms with Gasteiger partial charge in [0.2, 0.25) is 5.91 Å². The van der Waals surface area contributed by atoms with E-state index in [-0.39, 0.29) is 16.1 Å². The summed E-state index contributed by atoms with van der Waals surface area (Å²) in [5, 5.41) is 2.97. The quantitative estimate of drug-likeness (QED) is 0.760.